The monoisotopic (exact) mass is 161 g/mol. The van der Waals surface area contributed by atoms with Gasteiger partial charge in [0.15, 0.2) is 0 Å². The van der Waals surface area contributed by atoms with Gasteiger partial charge in [0, 0.05) is 17.3 Å². The van der Waals surface area contributed by atoms with E-state index >= 15 is 0 Å². The summed E-state index contributed by atoms with van der Waals surface area (Å²) < 4.78 is 0. The Morgan fingerprint density at radius 2 is 1.92 bits per heavy atom. The fourth-order valence-electron chi connectivity index (χ4n) is 0.854. The largest absolute Gasteiger partial charge is 0.262 e. The lowest BCUT2D eigenvalue weighted by Crippen LogP contribution is -2.07. The van der Waals surface area contributed by atoms with E-state index in [1.807, 2.05) is 13.0 Å². The number of allylic oxidation sites excluding steroid dienone is 3. The van der Waals surface area contributed by atoms with Crippen LogP contribution in [0.3, 0.4) is 0 Å². The van der Waals surface area contributed by atoms with E-state index in [2.05, 4.69) is 32.3 Å². The van der Waals surface area contributed by atoms with Gasteiger partial charge in [0.1, 0.15) is 7.85 Å². The molecule has 0 N–H and O–H groups in total. The summed E-state index contributed by atoms with van der Waals surface area (Å²) in [5.41, 5.74) is 1.58. The number of nitrogens with zero attached hydrogens (tertiary/aromatic N) is 1. The van der Waals surface area contributed by atoms with Crippen LogP contribution in [0.1, 0.15) is 27.7 Å². The van der Waals surface area contributed by atoms with Gasteiger partial charge in [-0.1, -0.05) is 32.3 Å². The maximum absolute atomic E-state index is 5.37. The first kappa shape index (κ1) is 11.2. The van der Waals surface area contributed by atoms with Gasteiger partial charge in [-0.05, 0) is 6.92 Å². The molecule has 0 bridgehead atoms. The zero-order valence-corrected chi connectivity index (χ0v) is 8.39. The average molecular weight is 161 g/mol. The standard InChI is InChI=1S/C10H16BN/c1-6-9(10(3,4)5)12-7-8(2)11/h6-7H,2H2,1,3-5H3/b9-6-,12-7?. The van der Waals surface area contributed by atoms with E-state index in [4.69, 9.17) is 7.85 Å². The molecule has 0 aromatic carbocycles. The van der Waals surface area contributed by atoms with Crippen LogP contribution < -0.4 is 0 Å². The van der Waals surface area contributed by atoms with E-state index in [-0.39, 0.29) is 5.41 Å². The molecule has 2 radical (unpaired) electrons. The van der Waals surface area contributed by atoms with Gasteiger partial charge in [0.05, 0.1) is 0 Å². The number of rotatable bonds is 2. The summed E-state index contributed by atoms with van der Waals surface area (Å²) in [6.45, 7) is 11.8. The normalized spacial score (nSPS) is 13.8. The van der Waals surface area contributed by atoms with Crippen LogP contribution in [0.2, 0.25) is 0 Å². The van der Waals surface area contributed by atoms with E-state index in [1.165, 1.54) is 0 Å². The zero-order valence-electron chi connectivity index (χ0n) is 8.39. The van der Waals surface area contributed by atoms with Crippen molar-refractivity contribution in [1.29, 1.82) is 0 Å². The van der Waals surface area contributed by atoms with Gasteiger partial charge in [-0.15, -0.1) is 6.58 Å². The quantitative estimate of drug-likeness (QED) is 0.436. The first-order valence-electron chi connectivity index (χ1n) is 4.03. The molecule has 0 heterocycles. The van der Waals surface area contributed by atoms with Gasteiger partial charge in [-0.2, -0.15) is 0 Å². The fraction of sp³-hybridized carbons (Fsp3) is 0.500. The minimum atomic E-state index is 0.0701. The van der Waals surface area contributed by atoms with Crippen molar-refractivity contribution in [3.8, 4) is 0 Å². The summed E-state index contributed by atoms with van der Waals surface area (Å²) >= 11 is 0. The van der Waals surface area contributed by atoms with Gasteiger partial charge in [0.2, 0.25) is 0 Å². The van der Waals surface area contributed by atoms with Gasteiger partial charge in [-0.25, -0.2) is 0 Å². The number of aliphatic imine (C=N–C) groups is 1. The first-order valence-corrected chi connectivity index (χ1v) is 4.03. The highest BCUT2D eigenvalue weighted by Gasteiger charge is 2.14. The molecule has 0 saturated carbocycles. The first-order chi connectivity index (χ1) is 5.38. The molecule has 12 heavy (non-hydrogen) atoms. The molecule has 0 fully saturated rings. The van der Waals surface area contributed by atoms with E-state index in [0.29, 0.717) is 5.47 Å². The van der Waals surface area contributed by atoms with Gasteiger partial charge < -0.3 is 0 Å². The lowest BCUT2D eigenvalue weighted by molar-refractivity contribution is 0.498. The van der Waals surface area contributed by atoms with Crippen LogP contribution in [0.5, 0.6) is 0 Å². The van der Waals surface area contributed by atoms with Gasteiger partial charge in [-0.3, -0.25) is 4.99 Å². The molecule has 0 rings (SSSR count). The van der Waals surface area contributed by atoms with Crippen molar-refractivity contribution < 1.29 is 0 Å². The second-order valence-electron chi connectivity index (χ2n) is 3.76. The summed E-state index contributed by atoms with van der Waals surface area (Å²) in [5, 5.41) is 0. The fourth-order valence-corrected chi connectivity index (χ4v) is 0.854. The van der Waals surface area contributed by atoms with Crippen LogP contribution in [0, 0.1) is 5.41 Å². The van der Waals surface area contributed by atoms with Crippen molar-refractivity contribution in [3.63, 3.8) is 0 Å². The van der Waals surface area contributed by atoms with Crippen LogP contribution in [-0.4, -0.2) is 14.1 Å². The van der Waals surface area contributed by atoms with E-state index < -0.39 is 0 Å². The molecule has 64 valence electrons. The molecule has 2 heteroatoms. The number of hydrogen-bond donors (Lipinski definition) is 0. The van der Waals surface area contributed by atoms with Gasteiger partial charge in [0.25, 0.3) is 0 Å². The highest BCUT2D eigenvalue weighted by Crippen LogP contribution is 2.25. The van der Waals surface area contributed by atoms with Crippen molar-refractivity contribution in [1.82, 2.24) is 0 Å². The van der Waals surface area contributed by atoms with Crippen molar-refractivity contribution in [2.24, 2.45) is 10.4 Å². The van der Waals surface area contributed by atoms with Crippen LogP contribution >= 0.6 is 0 Å². The summed E-state index contributed by atoms with van der Waals surface area (Å²) in [4.78, 5) is 4.22. The molecular weight excluding hydrogens is 145 g/mol. The molecule has 0 aliphatic heterocycles. The van der Waals surface area contributed by atoms with E-state index in [9.17, 15) is 0 Å². The SMILES string of the molecule is [B]C(=C)C=N/C(=C\C)C(C)(C)C. The molecule has 0 aromatic rings. The summed E-state index contributed by atoms with van der Waals surface area (Å²) in [5.74, 6) is 0. The van der Waals surface area contributed by atoms with E-state index in [0.717, 1.165) is 5.70 Å². The molecular formula is C10H16BN. The predicted molar refractivity (Wildman–Crippen MR) is 56.6 cm³/mol. The van der Waals surface area contributed by atoms with E-state index in [1.54, 1.807) is 6.21 Å². The molecule has 0 saturated heterocycles. The molecule has 1 nitrogen and oxygen atoms in total. The molecule has 0 aromatic heterocycles. The topological polar surface area (TPSA) is 12.4 Å². The third-order valence-corrected chi connectivity index (χ3v) is 1.41. The lowest BCUT2D eigenvalue weighted by atomic mass is 9.91. The lowest BCUT2D eigenvalue weighted by Gasteiger charge is -2.18. The summed E-state index contributed by atoms with van der Waals surface area (Å²) in [6, 6.07) is 0. The average Bonchev–Trinajstić information content (AvgIpc) is 1.85. The molecule has 0 aliphatic rings. The third-order valence-electron chi connectivity index (χ3n) is 1.41. The highest BCUT2D eigenvalue weighted by molar-refractivity contribution is 6.32. The molecule has 0 aliphatic carbocycles. The molecule has 0 atom stereocenters. The van der Waals surface area contributed by atoms with Crippen LogP contribution in [0.4, 0.5) is 0 Å². The minimum Gasteiger partial charge on any atom is -0.262 e. The molecule has 0 unspecified atom stereocenters. The zero-order chi connectivity index (χ0) is 9.78. The minimum absolute atomic E-state index is 0.0701. The highest BCUT2D eigenvalue weighted by atomic mass is 14.7. The summed E-state index contributed by atoms with van der Waals surface area (Å²) in [6.07, 6.45) is 3.57. The van der Waals surface area contributed by atoms with Crippen molar-refractivity contribution in [3.05, 3.63) is 23.8 Å². The third kappa shape index (κ3) is 4.17. The van der Waals surface area contributed by atoms with Crippen LogP contribution in [0.15, 0.2) is 28.8 Å². The summed E-state index contributed by atoms with van der Waals surface area (Å²) in [7, 11) is 5.37. The molecule has 0 amide bonds. The predicted octanol–water partition coefficient (Wildman–Crippen LogP) is 2.69. The smallest absolute Gasteiger partial charge is 0.115 e. The second-order valence-corrected chi connectivity index (χ2v) is 3.76. The Morgan fingerprint density at radius 3 is 2.17 bits per heavy atom. The Hall–Kier alpha value is -0.785. The van der Waals surface area contributed by atoms with Gasteiger partial charge >= 0.3 is 0 Å². The maximum atomic E-state index is 5.37. The van der Waals surface area contributed by atoms with Crippen molar-refractivity contribution in [2.75, 3.05) is 0 Å². The Kier molecular flexibility index (Phi) is 4.01. The van der Waals surface area contributed by atoms with Crippen molar-refractivity contribution >= 4 is 14.1 Å². The van der Waals surface area contributed by atoms with Crippen LogP contribution in [0.25, 0.3) is 0 Å². The molecule has 0 spiro atoms. The maximum Gasteiger partial charge on any atom is 0.115 e. The van der Waals surface area contributed by atoms with Crippen LogP contribution in [-0.2, 0) is 0 Å². The Morgan fingerprint density at radius 1 is 1.42 bits per heavy atom. The Balaban J connectivity index is 4.53. The van der Waals surface area contributed by atoms with Crippen molar-refractivity contribution in [2.45, 2.75) is 27.7 Å². The second kappa shape index (κ2) is 4.29. The Bertz CT molecular complexity index is 218. The number of hydrogen-bond acceptors (Lipinski definition) is 1. The Labute approximate surface area is 76.7 Å².